The number of carbonyl (C=O) groups is 2. The molecule has 0 aliphatic heterocycles. The highest BCUT2D eigenvalue weighted by Gasteiger charge is 2.26. The third-order valence-electron chi connectivity index (χ3n) is 4.59. The molecule has 0 rings (SSSR count). The molecule has 0 spiro atoms. The van der Waals surface area contributed by atoms with Crippen LogP contribution < -0.4 is 16.4 Å². The van der Waals surface area contributed by atoms with Crippen LogP contribution in [0.4, 0.5) is 0 Å². The van der Waals surface area contributed by atoms with E-state index < -0.39 is 11.1 Å². The molecule has 0 amide bonds. The number of Topliss-reactive ketones (excluding diaryl/α,β-unsaturated/α-hetero) is 2. The summed E-state index contributed by atoms with van der Waals surface area (Å²) in [6.07, 6.45) is 3.34. The molecule has 1 unspecified atom stereocenters. The van der Waals surface area contributed by atoms with E-state index in [9.17, 15) is 9.59 Å². The van der Waals surface area contributed by atoms with Crippen molar-refractivity contribution in [1.82, 2.24) is 10.6 Å². The lowest BCUT2D eigenvalue weighted by Crippen LogP contribution is -2.49. The lowest BCUT2D eigenvalue weighted by Gasteiger charge is -2.27. The first kappa shape index (κ1) is 22.2. The summed E-state index contributed by atoms with van der Waals surface area (Å²) in [6, 6.07) is 0. The van der Waals surface area contributed by atoms with Crippen molar-refractivity contribution in [2.45, 2.75) is 78.3 Å². The zero-order chi connectivity index (χ0) is 18.1. The van der Waals surface area contributed by atoms with Gasteiger partial charge in [-0.15, -0.1) is 0 Å². The van der Waals surface area contributed by atoms with Crippen molar-refractivity contribution in [2.75, 3.05) is 19.6 Å². The van der Waals surface area contributed by atoms with E-state index in [4.69, 9.17) is 5.73 Å². The lowest BCUT2D eigenvalue weighted by molar-refractivity contribution is -0.124. The van der Waals surface area contributed by atoms with Gasteiger partial charge in [0.1, 0.15) is 5.78 Å². The molecule has 0 radical (unpaired) electrons. The van der Waals surface area contributed by atoms with Crippen molar-refractivity contribution in [1.29, 1.82) is 0 Å². The van der Waals surface area contributed by atoms with Gasteiger partial charge in [0.2, 0.25) is 0 Å². The Hall–Kier alpha value is -0.780. The first-order chi connectivity index (χ1) is 10.5. The summed E-state index contributed by atoms with van der Waals surface area (Å²) in [5.41, 5.74) is 4.56. The minimum Gasteiger partial charge on any atom is -0.330 e. The zero-order valence-corrected chi connectivity index (χ0v) is 15.9. The molecule has 4 N–H and O–H groups in total. The van der Waals surface area contributed by atoms with Crippen molar-refractivity contribution in [2.24, 2.45) is 11.7 Å². The van der Waals surface area contributed by atoms with Crippen molar-refractivity contribution in [3.63, 3.8) is 0 Å². The lowest BCUT2D eigenvalue weighted by atomic mass is 9.91. The van der Waals surface area contributed by atoms with Crippen molar-refractivity contribution >= 4 is 11.6 Å². The van der Waals surface area contributed by atoms with E-state index in [2.05, 4.69) is 17.6 Å². The number of hydrogen-bond acceptors (Lipinski definition) is 5. The molecule has 23 heavy (non-hydrogen) atoms. The van der Waals surface area contributed by atoms with Crippen LogP contribution in [0.1, 0.15) is 67.2 Å². The topological polar surface area (TPSA) is 84.2 Å². The van der Waals surface area contributed by atoms with Crippen LogP contribution in [0.15, 0.2) is 0 Å². The number of rotatable bonds is 13. The molecule has 0 fully saturated rings. The molecule has 0 heterocycles. The fourth-order valence-electron chi connectivity index (χ4n) is 2.23. The number of carbonyl (C=O) groups excluding carboxylic acids is 2. The fraction of sp³-hybridized carbons (Fsp3) is 0.889. The second-order valence-electron chi connectivity index (χ2n) is 7.66. The van der Waals surface area contributed by atoms with Crippen molar-refractivity contribution < 1.29 is 9.59 Å². The summed E-state index contributed by atoms with van der Waals surface area (Å²) < 4.78 is 0. The van der Waals surface area contributed by atoms with Gasteiger partial charge in [-0.25, -0.2) is 0 Å². The molecular weight excluding hydrogens is 290 g/mol. The molecule has 0 saturated heterocycles. The van der Waals surface area contributed by atoms with Crippen LogP contribution in [-0.4, -0.2) is 42.3 Å². The molecule has 0 aromatic carbocycles. The molecule has 1 atom stereocenters. The first-order valence-electron chi connectivity index (χ1n) is 8.77. The van der Waals surface area contributed by atoms with E-state index in [-0.39, 0.29) is 11.6 Å². The van der Waals surface area contributed by atoms with Gasteiger partial charge >= 0.3 is 0 Å². The number of nitrogens with two attached hydrogens (primary N) is 1. The van der Waals surface area contributed by atoms with Gasteiger partial charge < -0.3 is 16.4 Å². The van der Waals surface area contributed by atoms with Crippen molar-refractivity contribution in [3.8, 4) is 0 Å². The molecule has 0 aliphatic carbocycles. The Bertz CT molecular complexity index is 378. The SMILES string of the molecule is CC(=O)C(C)(C)NCCCNC(C)(C)C(=O)CCC(C)CCN. The van der Waals surface area contributed by atoms with Crippen LogP contribution in [-0.2, 0) is 9.59 Å². The van der Waals surface area contributed by atoms with E-state index in [1.807, 2.05) is 27.7 Å². The van der Waals surface area contributed by atoms with E-state index in [0.29, 0.717) is 18.9 Å². The van der Waals surface area contributed by atoms with Gasteiger partial charge in [0.05, 0.1) is 11.1 Å². The Kier molecular flexibility index (Phi) is 9.82. The van der Waals surface area contributed by atoms with Crippen LogP contribution in [0.2, 0.25) is 0 Å². The monoisotopic (exact) mass is 327 g/mol. The predicted octanol–water partition coefficient (Wildman–Crippen LogP) is 2.04. The smallest absolute Gasteiger partial charge is 0.152 e. The molecule has 0 bridgehead atoms. The van der Waals surface area contributed by atoms with E-state index in [1.165, 1.54) is 0 Å². The average Bonchev–Trinajstić information content (AvgIpc) is 2.44. The minimum absolute atomic E-state index is 0.132. The van der Waals surface area contributed by atoms with Gasteiger partial charge in [0.15, 0.2) is 5.78 Å². The van der Waals surface area contributed by atoms with Gasteiger partial charge in [-0.3, -0.25) is 9.59 Å². The highest BCUT2D eigenvalue weighted by atomic mass is 16.1. The third kappa shape index (κ3) is 9.18. The third-order valence-corrected chi connectivity index (χ3v) is 4.59. The standard InChI is InChI=1S/C18H37N3O2/c1-14(10-11-19)8-9-16(23)18(5,6)21-13-7-12-20-17(3,4)15(2)22/h14,20-21H,7-13,19H2,1-6H3. The molecule has 136 valence electrons. The summed E-state index contributed by atoms with van der Waals surface area (Å²) >= 11 is 0. The van der Waals surface area contributed by atoms with Gasteiger partial charge in [-0.1, -0.05) is 6.92 Å². The maximum Gasteiger partial charge on any atom is 0.152 e. The number of hydrogen-bond donors (Lipinski definition) is 3. The van der Waals surface area contributed by atoms with Gasteiger partial charge in [0, 0.05) is 6.42 Å². The molecule has 0 aromatic heterocycles. The van der Waals surface area contributed by atoms with Crippen LogP contribution in [0.25, 0.3) is 0 Å². The van der Waals surface area contributed by atoms with Crippen LogP contribution in [0.5, 0.6) is 0 Å². The summed E-state index contributed by atoms with van der Waals surface area (Å²) in [5, 5.41) is 6.57. The van der Waals surface area contributed by atoms with Crippen molar-refractivity contribution in [3.05, 3.63) is 0 Å². The highest BCUT2D eigenvalue weighted by Crippen LogP contribution is 2.14. The molecular formula is C18H37N3O2. The minimum atomic E-state index is -0.501. The Labute approximate surface area is 142 Å². The van der Waals surface area contributed by atoms with Crippen LogP contribution >= 0.6 is 0 Å². The van der Waals surface area contributed by atoms with Crippen LogP contribution in [0.3, 0.4) is 0 Å². The summed E-state index contributed by atoms with van der Waals surface area (Å²) in [7, 11) is 0. The zero-order valence-electron chi connectivity index (χ0n) is 15.9. The number of ketones is 2. The fourth-order valence-corrected chi connectivity index (χ4v) is 2.23. The van der Waals surface area contributed by atoms with E-state index in [0.717, 1.165) is 32.4 Å². The Balaban J connectivity index is 4.03. The summed E-state index contributed by atoms with van der Waals surface area (Å²) in [5.74, 6) is 0.878. The molecule has 0 saturated carbocycles. The first-order valence-corrected chi connectivity index (χ1v) is 8.77. The Morgan fingerprint density at radius 2 is 1.52 bits per heavy atom. The predicted molar refractivity (Wildman–Crippen MR) is 96.5 cm³/mol. The maximum absolute atomic E-state index is 12.3. The average molecular weight is 328 g/mol. The quantitative estimate of drug-likeness (QED) is 0.451. The van der Waals surface area contributed by atoms with Gasteiger partial charge in [-0.05, 0) is 79.4 Å². The molecule has 0 aliphatic rings. The highest BCUT2D eigenvalue weighted by molar-refractivity contribution is 5.87. The Morgan fingerprint density at radius 3 is 2.00 bits per heavy atom. The second kappa shape index (κ2) is 10.2. The summed E-state index contributed by atoms with van der Waals surface area (Å²) in [4.78, 5) is 23.8. The molecule has 0 aromatic rings. The second-order valence-corrected chi connectivity index (χ2v) is 7.66. The number of nitrogens with one attached hydrogen (secondary N) is 2. The van der Waals surface area contributed by atoms with Gasteiger partial charge in [-0.2, -0.15) is 0 Å². The van der Waals surface area contributed by atoms with Crippen LogP contribution in [0, 0.1) is 5.92 Å². The van der Waals surface area contributed by atoms with E-state index in [1.54, 1.807) is 6.92 Å². The normalized spacial score (nSPS) is 13.9. The summed E-state index contributed by atoms with van der Waals surface area (Å²) in [6.45, 7) is 13.6. The van der Waals surface area contributed by atoms with Gasteiger partial charge in [0.25, 0.3) is 0 Å². The molecule has 5 nitrogen and oxygen atoms in total. The Morgan fingerprint density at radius 1 is 1.00 bits per heavy atom. The molecule has 5 heteroatoms. The largest absolute Gasteiger partial charge is 0.330 e. The van der Waals surface area contributed by atoms with E-state index >= 15 is 0 Å². The maximum atomic E-state index is 12.3.